The fourth-order valence-electron chi connectivity index (χ4n) is 2.92. The second-order valence-corrected chi connectivity index (χ2v) is 5.71. The molecule has 0 saturated heterocycles. The summed E-state index contributed by atoms with van der Waals surface area (Å²) in [6.45, 7) is 4.57. The lowest BCUT2D eigenvalue weighted by Crippen LogP contribution is -2.14. The Balaban J connectivity index is 2.21. The van der Waals surface area contributed by atoms with Crippen molar-refractivity contribution in [3.05, 3.63) is 59.2 Å². The van der Waals surface area contributed by atoms with E-state index in [4.69, 9.17) is 0 Å². The van der Waals surface area contributed by atoms with Gasteiger partial charge in [-0.25, -0.2) is 0 Å². The topological polar surface area (TPSA) is 0 Å². The average Bonchev–Trinajstić information content (AvgIpc) is 2.66. The van der Waals surface area contributed by atoms with Crippen LogP contribution in [-0.2, 0) is 5.41 Å². The Morgan fingerprint density at radius 3 is 2.53 bits per heavy atom. The van der Waals surface area contributed by atoms with E-state index in [1.54, 1.807) is 0 Å². The molecule has 3 rings (SSSR count). The molecule has 1 aliphatic carbocycles. The van der Waals surface area contributed by atoms with E-state index in [1.807, 2.05) is 0 Å². The number of thiol groups is 1. The molecule has 0 amide bonds. The van der Waals surface area contributed by atoms with Crippen LogP contribution in [0.4, 0.5) is 0 Å². The molecule has 0 aliphatic heterocycles. The SMILES string of the molecule is CC1(C)c2ccccc2-c2ccc(C#CCS)cc21. The van der Waals surface area contributed by atoms with E-state index in [0.717, 1.165) is 5.56 Å². The number of rotatable bonds is 0. The Hall–Kier alpha value is -1.65. The molecule has 2 aromatic rings. The molecule has 1 aliphatic rings. The normalized spacial score (nSPS) is 14.3. The van der Waals surface area contributed by atoms with E-state index in [1.165, 1.54) is 22.3 Å². The fraction of sp³-hybridized carbons (Fsp3) is 0.222. The van der Waals surface area contributed by atoms with Crippen molar-refractivity contribution in [3.8, 4) is 23.0 Å². The summed E-state index contributed by atoms with van der Waals surface area (Å²) in [5.74, 6) is 6.78. The zero-order valence-electron chi connectivity index (χ0n) is 11.2. The summed E-state index contributed by atoms with van der Waals surface area (Å²) in [5, 5.41) is 0. The van der Waals surface area contributed by atoms with E-state index in [-0.39, 0.29) is 5.41 Å². The third-order valence-corrected chi connectivity index (χ3v) is 4.05. The fourth-order valence-corrected chi connectivity index (χ4v) is 3.00. The molecule has 0 fully saturated rings. The maximum Gasteiger partial charge on any atom is 0.0521 e. The summed E-state index contributed by atoms with van der Waals surface area (Å²) < 4.78 is 0. The molecule has 0 aromatic heterocycles. The number of hydrogen-bond acceptors (Lipinski definition) is 1. The second-order valence-electron chi connectivity index (χ2n) is 5.39. The van der Waals surface area contributed by atoms with Crippen LogP contribution in [0.3, 0.4) is 0 Å². The molecule has 2 aromatic carbocycles. The van der Waals surface area contributed by atoms with Crippen LogP contribution in [0, 0.1) is 11.8 Å². The molecule has 0 unspecified atom stereocenters. The largest absolute Gasteiger partial charge is 0.166 e. The Bertz CT molecular complexity index is 699. The van der Waals surface area contributed by atoms with E-state index in [9.17, 15) is 0 Å². The highest BCUT2D eigenvalue weighted by Gasteiger charge is 2.34. The lowest BCUT2D eigenvalue weighted by molar-refractivity contribution is 0.660. The average molecular weight is 264 g/mol. The molecule has 0 nitrogen and oxygen atoms in total. The van der Waals surface area contributed by atoms with Gasteiger partial charge in [-0.05, 0) is 34.4 Å². The van der Waals surface area contributed by atoms with Crippen LogP contribution in [0.1, 0.15) is 30.5 Å². The molecular formula is C18H16S. The third-order valence-electron chi connectivity index (χ3n) is 3.90. The van der Waals surface area contributed by atoms with Crippen molar-refractivity contribution in [3.63, 3.8) is 0 Å². The minimum Gasteiger partial charge on any atom is -0.166 e. The molecule has 0 spiro atoms. The predicted octanol–water partition coefficient (Wildman–Crippen LogP) is 4.27. The maximum atomic E-state index is 4.13. The van der Waals surface area contributed by atoms with Gasteiger partial charge in [0.1, 0.15) is 0 Å². The smallest absolute Gasteiger partial charge is 0.0521 e. The first-order chi connectivity index (χ1) is 9.14. The molecule has 0 saturated carbocycles. The van der Waals surface area contributed by atoms with Crippen LogP contribution >= 0.6 is 12.6 Å². The summed E-state index contributed by atoms with van der Waals surface area (Å²) >= 11 is 4.13. The number of benzene rings is 2. The van der Waals surface area contributed by atoms with Gasteiger partial charge in [0.25, 0.3) is 0 Å². The van der Waals surface area contributed by atoms with Crippen LogP contribution in [0.25, 0.3) is 11.1 Å². The molecule has 0 bridgehead atoms. The Labute approximate surface area is 120 Å². The third kappa shape index (κ3) is 1.88. The van der Waals surface area contributed by atoms with Crippen LogP contribution in [0.15, 0.2) is 42.5 Å². The van der Waals surface area contributed by atoms with Crippen LogP contribution in [0.5, 0.6) is 0 Å². The van der Waals surface area contributed by atoms with E-state index < -0.39 is 0 Å². The number of hydrogen-bond donors (Lipinski definition) is 1. The molecule has 0 heterocycles. The van der Waals surface area contributed by atoms with Crippen LogP contribution in [0.2, 0.25) is 0 Å². The van der Waals surface area contributed by atoms with Gasteiger partial charge in [0.05, 0.1) is 5.75 Å². The van der Waals surface area contributed by atoms with Crippen LogP contribution in [-0.4, -0.2) is 5.75 Å². The van der Waals surface area contributed by atoms with Gasteiger partial charge in [0.2, 0.25) is 0 Å². The quantitative estimate of drug-likeness (QED) is 0.533. The lowest BCUT2D eigenvalue weighted by atomic mass is 9.82. The molecule has 0 N–H and O–H groups in total. The number of fused-ring (bicyclic) bond motifs is 3. The van der Waals surface area contributed by atoms with Crippen molar-refractivity contribution in [1.29, 1.82) is 0 Å². The molecule has 0 radical (unpaired) electrons. The summed E-state index contributed by atoms with van der Waals surface area (Å²) in [6.07, 6.45) is 0. The Morgan fingerprint density at radius 1 is 1.00 bits per heavy atom. The first-order valence-electron chi connectivity index (χ1n) is 6.49. The Kier molecular flexibility index (Phi) is 2.92. The molecule has 19 heavy (non-hydrogen) atoms. The summed E-state index contributed by atoms with van der Waals surface area (Å²) in [6, 6.07) is 15.2. The van der Waals surface area contributed by atoms with Crippen LogP contribution < -0.4 is 0 Å². The first-order valence-corrected chi connectivity index (χ1v) is 7.12. The minimum absolute atomic E-state index is 0.0601. The zero-order chi connectivity index (χ0) is 13.5. The highest BCUT2D eigenvalue weighted by atomic mass is 32.1. The molecule has 0 atom stereocenters. The van der Waals surface area contributed by atoms with Gasteiger partial charge in [0.15, 0.2) is 0 Å². The molecule has 1 heteroatoms. The van der Waals surface area contributed by atoms with E-state index in [0.29, 0.717) is 5.75 Å². The van der Waals surface area contributed by atoms with Crippen molar-refractivity contribution >= 4 is 12.6 Å². The molecular weight excluding hydrogens is 248 g/mol. The van der Waals surface area contributed by atoms with Crippen molar-refractivity contribution in [2.45, 2.75) is 19.3 Å². The summed E-state index contributed by atoms with van der Waals surface area (Å²) in [7, 11) is 0. The summed E-state index contributed by atoms with van der Waals surface area (Å²) in [4.78, 5) is 0. The van der Waals surface area contributed by atoms with Crippen molar-refractivity contribution < 1.29 is 0 Å². The highest BCUT2D eigenvalue weighted by Crippen LogP contribution is 2.48. The van der Waals surface area contributed by atoms with Crippen molar-refractivity contribution in [2.24, 2.45) is 0 Å². The van der Waals surface area contributed by atoms with Gasteiger partial charge < -0.3 is 0 Å². The monoisotopic (exact) mass is 264 g/mol. The van der Waals surface area contributed by atoms with Gasteiger partial charge in [-0.3, -0.25) is 0 Å². The maximum absolute atomic E-state index is 4.13. The highest BCUT2D eigenvalue weighted by molar-refractivity contribution is 7.80. The minimum atomic E-state index is 0.0601. The zero-order valence-corrected chi connectivity index (χ0v) is 12.1. The van der Waals surface area contributed by atoms with Gasteiger partial charge in [-0.1, -0.05) is 56.0 Å². The van der Waals surface area contributed by atoms with Gasteiger partial charge in [-0.15, -0.1) is 0 Å². The van der Waals surface area contributed by atoms with Gasteiger partial charge >= 0.3 is 0 Å². The lowest BCUT2D eigenvalue weighted by Gasteiger charge is -2.21. The van der Waals surface area contributed by atoms with E-state index >= 15 is 0 Å². The van der Waals surface area contributed by atoms with Gasteiger partial charge in [0, 0.05) is 11.0 Å². The Morgan fingerprint density at radius 2 is 1.74 bits per heavy atom. The first kappa shape index (κ1) is 12.4. The van der Waals surface area contributed by atoms with Crippen molar-refractivity contribution in [1.82, 2.24) is 0 Å². The van der Waals surface area contributed by atoms with Gasteiger partial charge in [-0.2, -0.15) is 12.6 Å². The predicted molar refractivity (Wildman–Crippen MR) is 84.7 cm³/mol. The van der Waals surface area contributed by atoms with Crippen molar-refractivity contribution in [2.75, 3.05) is 5.75 Å². The van der Waals surface area contributed by atoms with E-state index in [2.05, 4.69) is 80.8 Å². The second kappa shape index (κ2) is 4.47. The molecule has 94 valence electrons. The standard InChI is InChI=1S/C18H16S/c1-18(2)16-8-4-3-7-14(16)15-10-9-13(6-5-11-19)12-17(15)18/h3-4,7-10,12,19H,11H2,1-2H3. The summed E-state index contributed by atoms with van der Waals surface area (Å²) in [5.41, 5.74) is 6.62.